The summed E-state index contributed by atoms with van der Waals surface area (Å²) in [5.74, 6) is 2.92. The van der Waals surface area contributed by atoms with E-state index in [1.54, 1.807) is 0 Å². The minimum atomic E-state index is 0.131. The van der Waals surface area contributed by atoms with Crippen molar-refractivity contribution in [2.75, 3.05) is 6.54 Å². The minimum Gasteiger partial charge on any atom is -0.365 e. The molecule has 1 saturated heterocycles. The van der Waals surface area contributed by atoms with Gasteiger partial charge in [0.2, 0.25) is 5.91 Å². The second-order valence-electron chi connectivity index (χ2n) is 10.7. The molecule has 188 valence electrons. The highest BCUT2D eigenvalue weighted by Gasteiger charge is 2.41. The molecule has 1 aliphatic carbocycles. The normalized spacial score (nSPS) is 24.6. The number of carbonyl (C=O) groups is 1. The van der Waals surface area contributed by atoms with E-state index in [1.165, 1.54) is 23.4 Å². The van der Waals surface area contributed by atoms with Crippen molar-refractivity contribution in [2.24, 2.45) is 5.92 Å². The first kappa shape index (κ1) is 25.3. The van der Waals surface area contributed by atoms with Crippen LogP contribution >= 0.6 is 11.8 Å². The summed E-state index contributed by atoms with van der Waals surface area (Å²) in [7, 11) is 0. The predicted molar refractivity (Wildman–Crippen MR) is 141 cm³/mol. The van der Waals surface area contributed by atoms with Gasteiger partial charge in [0.1, 0.15) is 11.6 Å². The molecule has 1 aromatic rings. The van der Waals surface area contributed by atoms with E-state index < -0.39 is 0 Å². The largest absolute Gasteiger partial charge is 0.365 e. The Balaban J connectivity index is 1.37. The van der Waals surface area contributed by atoms with Crippen molar-refractivity contribution in [1.82, 2.24) is 25.0 Å². The van der Waals surface area contributed by atoms with E-state index in [-0.39, 0.29) is 17.9 Å². The first-order valence-electron chi connectivity index (χ1n) is 13.3. The van der Waals surface area contributed by atoms with Gasteiger partial charge in [-0.1, -0.05) is 53.2 Å². The Hall–Kier alpha value is -1.76. The summed E-state index contributed by atoms with van der Waals surface area (Å²) >= 11 is 1.94. The van der Waals surface area contributed by atoms with Gasteiger partial charge in [-0.15, -0.1) is 22.0 Å². The van der Waals surface area contributed by atoms with E-state index >= 15 is 0 Å². The second kappa shape index (κ2) is 10.9. The minimum absolute atomic E-state index is 0.131. The number of carbonyl (C=O) groups excluding carboxylic acids is 1. The molecular formula is C27H43N5OS. The van der Waals surface area contributed by atoms with E-state index in [9.17, 15) is 4.79 Å². The van der Waals surface area contributed by atoms with Gasteiger partial charge in [0.05, 0.1) is 12.1 Å². The van der Waals surface area contributed by atoms with Crippen LogP contribution in [0.1, 0.15) is 103 Å². The average molecular weight is 486 g/mol. The maximum Gasteiger partial charge on any atom is 0.223 e. The third kappa shape index (κ3) is 5.55. The van der Waals surface area contributed by atoms with E-state index in [4.69, 9.17) is 0 Å². The Morgan fingerprint density at radius 3 is 2.65 bits per heavy atom. The van der Waals surface area contributed by atoms with Gasteiger partial charge in [-0.25, -0.2) is 0 Å². The van der Waals surface area contributed by atoms with Crippen molar-refractivity contribution in [1.29, 1.82) is 0 Å². The SMILES string of the molecule is C=C1C(CC(CC)n2c(C)nnc2C(C)C)N1CCC(NC(=O)C1CCCC1)C1=CCC(C)S1. The highest BCUT2D eigenvalue weighted by atomic mass is 32.2. The van der Waals surface area contributed by atoms with Crippen LogP contribution in [0.15, 0.2) is 23.3 Å². The molecule has 6 nitrogen and oxygen atoms in total. The van der Waals surface area contributed by atoms with Crippen LogP contribution in [0.3, 0.4) is 0 Å². The zero-order valence-electron chi connectivity index (χ0n) is 21.7. The van der Waals surface area contributed by atoms with Crippen LogP contribution in [0.2, 0.25) is 0 Å². The molecule has 0 spiro atoms. The Morgan fingerprint density at radius 2 is 2.03 bits per heavy atom. The fourth-order valence-corrected chi connectivity index (χ4v) is 6.90. The van der Waals surface area contributed by atoms with Gasteiger partial charge in [0, 0.05) is 40.3 Å². The maximum atomic E-state index is 12.9. The van der Waals surface area contributed by atoms with Gasteiger partial charge < -0.3 is 14.8 Å². The molecule has 7 heteroatoms. The van der Waals surface area contributed by atoms with Crippen LogP contribution in [-0.2, 0) is 4.79 Å². The Bertz CT molecular complexity index is 916. The van der Waals surface area contributed by atoms with E-state index in [2.05, 4.69) is 72.3 Å². The highest BCUT2D eigenvalue weighted by molar-refractivity contribution is 8.04. The molecule has 4 atom stereocenters. The number of aromatic nitrogens is 3. The van der Waals surface area contributed by atoms with Crippen molar-refractivity contribution in [3.63, 3.8) is 0 Å². The fraction of sp³-hybridized carbons (Fsp3) is 0.741. The summed E-state index contributed by atoms with van der Waals surface area (Å²) in [4.78, 5) is 16.7. The number of hydrogen-bond acceptors (Lipinski definition) is 5. The quantitative estimate of drug-likeness (QED) is 0.406. The standard InChI is InChI=1S/C27H43N5OS/c1-7-22(32-20(6)29-30-26(32)17(2)3)16-24-19(5)31(24)15-14-23(25-13-12-18(4)34-25)28-27(33)21-10-8-9-11-21/h13,17-18,21-24H,5,7-12,14-16H2,1-4,6H3,(H,28,33). The smallest absolute Gasteiger partial charge is 0.223 e. The first-order valence-corrected chi connectivity index (χ1v) is 14.2. The summed E-state index contributed by atoms with van der Waals surface area (Å²) in [5, 5.41) is 12.9. The summed E-state index contributed by atoms with van der Waals surface area (Å²) in [6.45, 7) is 16.3. The van der Waals surface area contributed by atoms with Gasteiger partial charge in [0.25, 0.3) is 0 Å². The lowest BCUT2D eigenvalue weighted by Gasteiger charge is -2.23. The number of thioether (sulfide) groups is 1. The zero-order valence-corrected chi connectivity index (χ0v) is 22.5. The molecule has 4 rings (SSSR count). The summed E-state index contributed by atoms with van der Waals surface area (Å²) < 4.78 is 2.35. The Kier molecular flexibility index (Phi) is 8.11. The topological polar surface area (TPSA) is 62.8 Å². The fourth-order valence-electron chi connectivity index (χ4n) is 5.70. The molecule has 0 aromatic carbocycles. The van der Waals surface area contributed by atoms with Crippen molar-refractivity contribution in [3.8, 4) is 0 Å². The summed E-state index contributed by atoms with van der Waals surface area (Å²) in [6, 6.07) is 0.916. The van der Waals surface area contributed by atoms with Gasteiger partial charge in [0.15, 0.2) is 0 Å². The van der Waals surface area contributed by atoms with E-state index in [1.807, 2.05) is 11.8 Å². The molecule has 2 aliphatic heterocycles. The van der Waals surface area contributed by atoms with Crippen molar-refractivity contribution in [2.45, 2.75) is 115 Å². The number of aryl methyl sites for hydroxylation is 1. The average Bonchev–Trinajstić information content (AvgIpc) is 3.32. The monoisotopic (exact) mass is 485 g/mol. The molecule has 1 amide bonds. The number of allylic oxidation sites excluding steroid dienone is 1. The number of amides is 1. The van der Waals surface area contributed by atoms with Crippen molar-refractivity contribution in [3.05, 3.63) is 34.9 Å². The zero-order chi connectivity index (χ0) is 24.4. The van der Waals surface area contributed by atoms with E-state index in [0.29, 0.717) is 23.3 Å². The lowest BCUT2D eigenvalue weighted by atomic mass is 10.1. The lowest BCUT2D eigenvalue weighted by molar-refractivity contribution is -0.125. The molecule has 3 heterocycles. The Morgan fingerprint density at radius 1 is 1.29 bits per heavy atom. The summed E-state index contributed by atoms with van der Waals surface area (Å²) in [6.07, 6.45) is 11.0. The van der Waals surface area contributed by atoms with Crippen LogP contribution in [0, 0.1) is 12.8 Å². The third-order valence-electron chi connectivity index (χ3n) is 7.84. The van der Waals surface area contributed by atoms with Gasteiger partial charge in [-0.3, -0.25) is 4.79 Å². The molecule has 0 bridgehead atoms. The third-order valence-corrected chi connectivity index (χ3v) is 9.15. The van der Waals surface area contributed by atoms with Crippen molar-refractivity contribution >= 4 is 17.7 Å². The second-order valence-corrected chi connectivity index (χ2v) is 12.2. The van der Waals surface area contributed by atoms with Crippen LogP contribution in [0.5, 0.6) is 0 Å². The van der Waals surface area contributed by atoms with Crippen LogP contribution in [0.4, 0.5) is 0 Å². The number of nitrogens with zero attached hydrogens (tertiary/aromatic N) is 4. The van der Waals surface area contributed by atoms with Crippen LogP contribution in [0.25, 0.3) is 0 Å². The van der Waals surface area contributed by atoms with E-state index in [0.717, 1.165) is 56.7 Å². The van der Waals surface area contributed by atoms with Crippen LogP contribution < -0.4 is 5.32 Å². The molecule has 3 aliphatic rings. The molecule has 4 unspecified atom stereocenters. The van der Waals surface area contributed by atoms with Gasteiger partial charge in [-0.05, 0) is 45.4 Å². The molecule has 1 aromatic heterocycles. The Labute approximate surface area is 210 Å². The molecule has 34 heavy (non-hydrogen) atoms. The molecule has 0 radical (unpaired) electrons. The molecule has 2 fully saturated rings. The molecular weight excluding hydrogens is 442 g/mol. The van der Waals surface area contributed by atoms with Crippen LogP contribution in [-0.4, -0.2) is 49.4 Å². The maximum absolute atomic E-state index is 12.9. The van der Waals surface area contributed by atoms with Gasteiger partial charge in [-0.2, -0.15) is 0 Å². The number of hydrogen-bond donors (Lipinski definition) is 1. The van der Waals surface area contributed by atoms with Crippen molar-refractivity contribution < 1.29 is 4.79 Å². The summed E-state index contributed by atoms with van der Waals surface area (Å²) in [5.41, 5.74) is 1.23. The highest BCUT2D eigenvalue weighted by Crippen LogP contribution is 2.41. The molecule has 1 saturated carbocycles. The predicted octanol–water partition coefficient (Wildman–Crippen LogP) is 5.72. The lowest BCUT2D eigenvalue weighted by Crippen LogP contribution is -2.40. The number of rotatable bonds is 11. The first-order chi connectivity index (χ1) is 16.3. The number of nitrogens with one attached hydrogen (secondary N) is 1. The molecule has 1 N–H and O–H groups in total. The van der Waals surface area contributed by atoms with Gasteiger partial charge >= 0.3 is 0 Å².